The normalized spacial score (nSPS) is 22.7. The lowest BCUT2D eigenvalue weighted by Crippen LogP contribution is -2.43. The highest BCUT2D eigenvalue weighted by Crippen LogP contribution is 2.17. The van der Waals surface area contributed by atoms with Crippen molar-refractivity contribution in [1.82, 2.24) is 10.2 Å². The van der Waals surface area contributed by atoms with Crippen molar-refractivity contribution in [3.8, 4) is 5.75 Å². The molecular formula is C20H30N2O4. The Balaban J connectivity index is 1.49. The minimum absolute atomic E-state index is 0.0313. The lowest BCUT2D eigenvalue weighted by atomic mass is 10.2. The first-order chi connectivity index (χ1) is 12.7. The van der Waals surface area contributed by atoms with E-state index in [0.717, 1.165) is 63.3 Å². The molecule has 0 aromatic heterocycles. The molecule has 0 bridgehead atoms. The van der Waals surface area contributed by atoms with Crippen LogP contribution in [0.4, 0.5) is 0 Å². The number of carbonyl (C=O) groups excluding carboxylic acids is 1. The number of nitrogens with zero attached hydrogens (tertiary/aromatic N) is 1. The lowest BCUT2D eigenvalue weighted by Gasteiger charge is -2.27. The summed E-state index contributed by atoms with van der Waals surface area (Å²) in [6.45, 7) is 4.15. The summed E-state index contributed by atoms with van der Waals surface area (Å²) in [6, 6.07) is 7.76. The second kappa shape index (κ2) is 9.90. The molecule has 2 heterocycles. The van der Waals surface area contributed by atoms with Crippen molar-refractivity contribution in [1.29, 1.82) is 0 Å². The van der Waals surface area contributed by atoms with E-state index in [2.05, 4.69) is 10.2 Å². The topological polar surface area (TPSA) is 60.0 Å². The molecular weight excluding hydrogens is 332 g/mol. The molecule has 0 saturated carbocycles. The van der Waals surface area contributed by atoms with Crippen LogP contribution in [0, 0.1) is 0 Å². The Labute approximate surface area is 155 Å². The smallest absolute Gasteiger partial charge is 0.234 e. The largest absolute Gasteiger partial charge is 0.497 e. The van der Waals surface area contributed by atoms with Gasteiger partial charge in [-0.15, -0.1) is 0 Å². The van der Waals surface area contributed by atoms with Gasteiger partial charge in [-0.05, 0) is 43.4 Å². The molecule has 0 radical (unpaired) electrons. The van der Waals surface area contributed by atoms with E-state index in [0.29, 0.717) is 13.1 Å². The molecule has 0 unspecified atom stereocenters. The molecule has 2 saturated heterocycles. The molecule has 1 N–H and O–H groups in total. The summed E-state index contributed by atoms with van der Waals surface area (Å²) >= 11 is 0. The fourth-order valence-electron chi connectivity index (χ4n) is 3.60. The number of ether oxygens (including phenoxy) is 3. The summed E-state index contributed by atoms with van der Waals surface area (Å²) in [5.74, 6) is 0.832. The van der Waals surface area contributed by atoms with Crippen molar-refractivity contribution in [2.75, 3.05) is 40.0 Å². The summed E-state index contributed by atoms with van der Waals surface area (Å²) in [4.78, 5) is 14.7. The van der Waals surface area contributed by atoms with Crippen LogP contribution in [-0.4, -0.2) is 63.0 Å². The van der Waals surface area contributed by atoms with Crippen molar-refractivity contribution < 1.29 is 19.0 Å². The van der Waals surface area contributed by atoms with Crippen LogP contribution in [0.2, 0.25) is 0 Å². The molecule has 26 heavy (non-hydrogen) atoms. The molecule has 2 atom stereocenters. The van der Waals surface area contributed by atoms with Gasteiger partial charge in [-0.2, -0.15) is 0 Å². The fraction of sp³-hybridized carbons (Fsp3) is 0.650. The van der Waals surface area contributed by atoms with Gasteiger partial charge in [-0.1, -0.05) is 12.1 Å². The van der Waals surface area contributed by atoms with E-state index >= 15 is 0 Å². The van der Waals surface area contributed by atoms with Crippen molar-refractivity contribution in [2.45, 2.75) is 44.4 Å². The van der Waals surface area contributed by atoms with Gasteiger partial charge in [-0.25, -0.2) is 0 Å². The van der Waals surface area contributed by atoms with E-state index in [4.69, 9.17) is 14.2 Å². The molecule has 2 aliphatic rings. The molecule has 0 spiro atoms. The lowest BCUT2D eigenvalue weighted by molar-refractivity contribution is -0.123. The van der Waals surface area contributed by atoms with Gasteiger partial charge in [0.1, 0.15) is 5.75 Å². The average molecular weight is 362 g/mol. The average Bonchev–Trinajstić information content (AvgIpc) is 3.34. The Morgan fingerprint density at radius 1 is 1.19 bits per heavy atom. The van der Waals surface area contributed by atoms with Crippen LogP contribution in [0.5, 0.6) is 5.75 Å². The molecule has 3 rings (SSSR count). The van der Waals surface area contributed by atoms with Crippen LogP contribution in [0.1, 0.15) is 31.2 Å². The third kappa shape index (κ3) is 5.97. The quantitative estimate of drug-likeness (QED) is 0.728. The Bertz CT molecular complexity index is 551. The first kappa shape index (κ1) is 19.1. The number of methoxy groups -OCH3 is 1. The Kier molecular flexibility index (Phi) is 7.29. The van der Waals surface area contributed by atoms with Crippen LogP contribution in [0.3, 0.4) is 0 Å². The predicted molar refractivity (Wildman–Crippen MR) is 99.2 cm³/mol. The number of hydrogen-bond acceptors (Lipinski definition) is 5. The van der Waals surface area contributed by atoms with E-state index in [1.807, 2.05) is 24.3 Å². The summed E-state index contributed by atoms with van der Waals surface area (Å²) < 4.78 is 16.7. The maximum atomic E-state index is 12.5. The van der Waals surface area contributed by atoms with E-state index in [9.17, 15) is 4.79 Å². The Hall–Kier alpha value is -1.63. The first-order valence-electron chi connectivity index (χ1n) is 9.58. The number of amides is 1. The van der Waals surface area contributed by atoms with Gasteiger partial charge in [0, 0.05) is 32.8 Å². The molecule has 0 aliphatic carbocycles. The van der Waals surface area contributed by atoms with Gasteiger partial charge in [-0.3, -0.25) is 9.69 Å². The van der Waals surface area contributed by atoms with Gasteiger partial charge in [0.25, 0.3) is 0 Å². The molecule has 6 heteroatoms. The number of benzene rings is 1. The number of carbonyl (C=O) groups is 1. The first-order valence-corrected chi connectivity index (χ1v) is 9.58. The van der Waals surface area contributed by atoms with E-state index in [-0.39, 0.29) is 18.1 Å². The second-order valence-corrected chi connectivity index (χ2v) is 7.09. The molecule has 6 nitrogen and oxygen atoms in total. The monoisotopic (exact) mass is 362 g/mol. The Morgan fingerprint density at radius 2 is 1.88 bits per heavy atom. The van der Waals surface area contributed by atoms with Crippen LogP contribution >= 0.6 is 0 Å². The zero-order valence-corrected chi connectivity index (χ0v) is 15.6. The van der Waals surface area contributed by atoms with Gasteiger partial charge >= 0.3 is 0 Å². The van der Waals surface area contributed by atoms with Crippen LogP contribution in [0.15, 0.2) is 24.3 Å². The van der Waals surface area contributed by atoms with Crippen LogP contribution in [-0.2, 0) is 20.8 Å². The highest BCUT2D eigenvalue weighted by molar-refractivity contribution is 5.78. The SMILES string of the molecule is COc1cccc(CNC(=O)CN(C[C@H]2CCCO2)C[C@@H]2CCCO2)c1. The van der Waals surface area contributed by atoms with Crippen molar-refractivity contribution in [3.05, 3.63) is 29.8 Å². The summed E-state index contributed by atoms with van der Waals surface area (Å²) in [6.07, 6.45) is 4.85. The van der Waals surface area contributed by atoms with Gasteiger partial charge in [0.15, 0.2) is 0 Å². The fourth-order valence-corrected chi connectivity index (χ4v) is 3.60. The molecule has 1 aromatic carbocycles. The van der Waals surface area contributed by atoms with Crippen molar-refractivity contribution in [3.63, 3.8) is 0 Å². The Morgan fingerprint density at radius 3 is 2.46 bits per heavy atom. The van der Waals surface area contributed by atoms with Crippen molar-refractivity contribution >= 4 is 5.91 Å². The third-order valence-electron chi connectivity index (χ3n) is 4.96. The van der Waals surface area contributed by atoms with E-state index in [1.54, 1.807) is 7.11 Å². The number of nitrogens with one attached hydrogen (secondary N) is 1. The van der Waals surface area contributed by atoms with Crippen LogP contribution < -0.4 is 10.1 Å². The predicted octanol–water partition coefficient (Wildman–Crippen LogP) is 1.97. The zero-order chi connectivity index (χ0) is 18.2. The van der Waals surface area contributed by atoms with Gasteiger partial charge in [0.2, 0.25) is 5.91 Å². The van der Waals surface area contributed by atoms with E-state index < -0.39 is 0 Å². The molecule has 1 aromatic rings. The maximum absolute atomic E-state index is 12.5. The standard InChI is InChI=1S/C20H30N2O4/c1-24-17-6-2-5-16(11-17)12-21-20(23)15-22(13-18-7-3-9-25-18)14-19-8-4-10-26-19/h2,5-6,11,18-19H,3-4,7-10,12-15H2,1H3,(H,21,23)/t18-,19+. The minimum Gasteiger partial charge on any atom is -0.497 e. The van der Waals surface area contributed by atoms with Gasteiger partial charge < -0.3 is 19.5 Å². The molecule has 2 fully saturated rings. The summed E-state index contributed by atoms with van der Waals surface area (Å²) in [7, 11) is 1.64. The summed E-state index contributed by atoms with van der Waals surface area (Å²) in [5, 5.41) is 3.01. The highest BCUT2D eigenvalue weighted by Gasteiger charge is 2.25. The number of hydrogen-bond donors (Lipinski definition) is 1. The van der Waals surface area contributed by atoms with E-state index in [1.165, 1.54) is 0 Å². The van der Waals surface area contributed by atoms with Crippen LogP contribution in [0.25, 0.3) is 0 Å². The zero-order valence-electron chi connectivity index (χ0n) is 15.6. The van der Waals surface area contributed by atoms with Gasteiger partial charge in [0.05, 0.1) is 25.9 Å². The van der Waals surface area contributed by atoms with Crippen molar-refractivity contribution in [2.24, 2.45) is 0 Å². The number of rotatable bonds is 9. The maximum Gasteiger partial charge on any atom is 0.234 e. The highest BCUT2D eigenvalue weighted by atomic mass is 16.5. The third-order valence-corrected chi connectivity index (χ3v) is 4.96. The molecule has 144 valence electrons. The minimum atomic E-state index is 0.0313. The summed E-state index contributed by atoms with van der Waals surface area (Å²) in [5.41, 5.74) is 1.03. The molecule has 2 aliphatic heterocycles. The molecule has 1 amide bonds. The second-order valence-electron chi connectivity index (χ2n) is 7.09.